The zero-order chi connectivity index (χ0) is 32.9. The number of nitrogens with one attached hydrogen (secondary N) is 1. The molecule has 1 fully saturated rings. The van der Waals surface area contributed by atoms with Crippen LogP contribution in [0.5, 0.6) is 0 Å². The average Bonchev–Trinajstić information content (AvgIpc) is 2.88. The van der Waals surface area contributed by atoms with Gasteiger partial charge in [-0.2, -0.15) is 18.4 Å². The van der Waals surface area contributed by atoms with Crippen LogP contribution in [0, 0.1) is 49.7 Å². The molecule has 0 aromatic rings. The minimum atomic E-state index is -4.51. The molecule has 1 N–H and O–H groups in total. The van der Waals surface area contributed by atoms with Gasteiger partial charge < -0.3 is 5.32 Å². The summed E-state index contributed by atoms with van der Waals surface area (Å²) in [5, 5.41) is 12.0. The topological polar surface area (TPSA) is 87.0 Å². The number of carbonyl (C=O) groups excluding carboxylic acids is 3. The molecule has 0 radical (unpaired) electrons. The molecule has 0 aliphatic heterocycles. The van der Waals surface area contributed by atoms with Gasteiger partial charge in [-0.25, -0.2) is 0 Å². The van der Waals surface area contributed by atoms with Crippen LogP contribution in [0.3, 0.4) is 0 Å². The van der Waals surface area contributed by atoms with Crippen molar-refractivity contribution in [2.75, 3.05) is 6.54 Å². The monoisotopic (exact) mass is 604 g/mol. The second-order valence-corrected chi connectivity index (χ2v) is 16.0. The first-order valence-corrected chi connectivity index (χ1v) is 15.8. The highest BCUT2D eigenvalue weighted by Gasteiger charge is 2.63. The van der Waals surface area contributed by atoms with E-state index in [1.54, 1.807) is 19.1 Å². The summed E-state index contributed by atoms with van der Waals surface area (Å²) >= 11 is 0. The highest BCUT2D eigenvalue weighted by molar-refractivity contribution is 6.04. The number of hydrogen-bond donors (Lipinski definition) is 1. The molecule has 0 saturated heterocycles. The van der Waals surface area contributed by atoms with E-state index in [-0.39, 0.29) is 34.9 Å². The molecule has 5 atom stereocenters. The van der Waals surface area contributed by atoms with Crippen molar-refractivity contribution in [1.82, 2.24) is 5.32 Å². The number of Topliss-reactive ketones (excluding diaryl/α,β-unsaturated/α-hetero) is 1. The maximum absolute atomic E-state index is 13.4. The molecule has 43 heavy (non-hydrogen) atoms. The number of carbonyl (C=O) groups is 3. The van der Waals surface area contributed by atoms with Gasteiger partial charge in [-0.1, -0.05) is 80.4 Å². The number of nitriles is 1. The van der Waals surface area contributed by atoms with Crippen molar-refractivity contribution in [2.45, 2.75) is 126 Å². The van der Waals surface area contributed by atoms with Crippen molar-refractivity contribution >= 4 is 17.5 Å². The largest absolute Gasteiger partial charge is 0.405 e. The van der Waals surface area contributed by atoms with E-state index in [2.05, 4.69) is 46.0 Å². The molecule has 1 amide bonds. The van der Waals surface area contributed by atoms with Crippen LogP contribution in [-0.2, 0) is 14.4 Å². The lowest BCUT2D eigenvalue weighted by molar-refractivity contribution is -0.145. The Morgan fingerprint density at radius 1 is 1.05 bits per heavy atom. The highest BCUT2D eigenvalue weighted by atomic mass is 19.4. The summed E-state index contributed by atoms with van der Waals surface area (Å²) in [4.78, 5) is 40.1. The van der Waals surface area contributed by atoms with E-state index in [1.807, 2.05) is 20.8 Å². The number of allylic oxidation sites excluding steroid dienone is 4. The SMILES string of the molecule is CCCC(C)(C)CC[C@@](C)(CC[C@]1(C)CC(=O)C=C2[C@@]3(C)C=C(C#N)C(=O)C(C)(C)[C@@H]3CC[C@]21C)C(=O)NCC(F)(F)F. The van der Waals surface area contributed by atoms with Crippen LogP contribution < -0.4 is 5.32 Å². The smallest absolute Gasteiger partial charge is 0.347 e. The summed E-state index contributed by atoms with van der Waals surface area (Å²) in [6.07, 6.45) is 4.61. The lowest BCUT2D eigenvalue weighted by Gasteiger charge is -2.63. The van der Waals surface area contributed by atoms with Gasteiger partial charge in [0.15, 0.2) is 11.6 Å². The average molecular weight is 605 g/mol. The number of nitrogens with zero attached hydrogens (tertiary/aromatic N) is 1. The fourth-order valence-corrected chi connectivity index (χ4v) is 8.70. The summed E-state index contributed by atoms with van der Waals surface area (Å²) < 4.78 is 39.3. The van der Waals surface area contributed by atoms with Crippen LogP contribution in [-0.4, -0.2) is 30.2 Å². The third-order valence-electron chi connectivity index (χ3n) is 11.8. The van der Waals surface area contributed by atoms with Crippen LogP contribution in [0.2, 0.25) is 0 Å². The van der Waals surface area contributed by atoms with Crippen LogP contribution in [0.1, 0.15) is 120 Å². The minimum absolute atomic E-state index is 0.0363. The van der Waals surface area contributed by atoms with E-state index >= 15 is 0 Å². The van der Waals surface area contributed by atoms with Gasteiger partial charge in [-0.15, -0.1) is 0 Å². The molecule has 8 heteroatoms. The van der Waals surface area contributed by atoms with Crippen molar-refractivity contribution < 1.29 is 27.6 Å². The molecule has 3 aliphatic rings. The molecule has 3 rings (SSSR count). The molecule has 0 heterocycles. The van der Waals surface area contributed by atoms with Crippen LogP contribution >= 0.6 is 0 Å². The third kappa shape index (κ3) is 6.52. The van der Waals surface area contributed by atoms with Gasteiger partial charge in [0, 0.05) is 22.7 Å². The fraction of sp³-hybridized carbons (Fsp3) is 0.771. The van der Waals surface area contributed by atoms with E-state index in [9.17, 15) is 32.8 Å². The normalized spacial score (nSPS) is 32.0. The first-order valence-electron chi connectivity index (χ1n) is 15.8. The number of hydrogen-bond acceptors (Lipinski definition) is 4. The Bertz CT molecular complexity index is 1260. The molecule has 240 valence electrons. The molecule has 5 nitrogen and oxygen atoms in total. The Kier molecular flexibility index (Phi) is 9.37. The Hall–Kier alpha value is -2.43. The van der Waals surface area contributed by atoms with Gasteiger partial charge in [-0.3, -0.25) is 14.4 Å². The summed E-state index contributed by atoms with van der Waals surface area (Å²) in [5.74, 6) is -0.893. The molecular weight excluding hydrogens is 553 g/mol. The van der Waals surface area contributed by atoms with Gasteiger partial charge >= 0.3 is 6.18 Å². The molecule has 0 unspecified atom stereocenters. The zero-order valence-electron chi connectivity index (χ0n) is 27.6. The van der Waals surface area contributed by atoms with Crippen LogP contribution in [0.25, 0.3) is 0 Å². The maximum Gasteiger partial charge on any atom is 0.405 e. The van der Waals surface area contributed by atoms with Gasteiger partial charge in [-0.05, 0) is 73.2 Å². The predicted molar refractivity (Wildman–Crippen MR) is 162 cm³/mol. The van der Waals surface area contributed by atoms with Gasteiger partial charge in [0.25, 0.3) is 0 Å². The van der Waals surface area contributed by atoms with E-state index in [1.165, 1.54) is 0 Å². The maximum atomic E-state index is 13.4. The molecule has 1 saturated carbocycles. The molecule has 0 bridgehead atoms. The van der Waals surface area contributed by atoms with Crippen molar-refractivity contribution in [3.63, 3.8) is 0 Å². The molecule has 0 spiro atoms. The predicted octanol–water partition coefficient (Wildman–Crippen LogP) is 8.44. The lowest BCUT2D eigenvalue weighted by Crippen LogP contribution is -2.58. The highest BCUT2D eigenvalue weighted by Crippen LogP contribution is 2.69. The van der Waals surface area contributed by atoms with E-state index in [4.69, 9.17) is 0 Å². The molecule has 0 aromatic heterocycles. The molecular formula is C35H51F3N2O3. The van der Waals surface area contributed by atoms with Crippen molar-refractivity contribution in [1.29, 1.82) is 5.26 Å². The standard InChI is InChI=1S/C35H51F3N2O3/c1-10-12-29(2,3)14-15-31(6,28(43)40-22-35(36,37)38)16-17-32(7)20-24(41)18-26-33(8)19-23(21-39)27(42)30(4,5)25(33)11-13-34(26,32)9/h18-19,25H,10-17,20,22H2,1-9H3,(H,40,43)/t25-,31-,32+,33-,34+/m0/s1. The number of rotatable bonds is 10. The summed E-state index contributed by atoms with van der Waals surface area (Å²) in [6, 6.07) is 2.10. The van der Waals surface area contributed by atoms with Crippen molar-refractivity contribution in [3.05, 3.63) is 23.3 Å². The van der Waals surface area contributed by atoms with E-state index in [0.717, 1.165) is 31.3 Å². The number of alkyl halides is 3. The second-order valence-electron chi connectivity index (χ2n) is 16.0. The Labute approximate surface area is 256 Å². The third-order valence-corrected chi connectivity index (χ3v) is 11.8. The molecule has 0 aromatic carbocycles. The Morgan fingerprint density at radius 3 is 2.23 bits per heavy atom. The summed E-state index contributed by atoms with van der Waals surface area (Å²) in [5.41, 5.74) is -2.54. The van der Waals surface area contributed by atoms with E-state index < -0.39 is 45.7 Å². The van der Waals surface area contributed by atoms with E-state index in [0.29, 0.717) is 25.7 Å². The first-order chi connectivity index (χ1) is 19.5. The number of halogens is 3. The van der Waals surface area contributed by atoms with Crippen molar-refractivity contribution in [3.8, 4) is 6.07 Å². The quantitative estimate of drug-likeness (QED) is 0.271. The minimum Gasteiger partial charge on any atom is -0.347 e. The van der Waals surface area contributed by atoms with Crippen LogP contribution in [0.15, 0.2) is 23.3 Å². The number of ketones is 2. The van der Waals surface area contributed by atoms with Gasteiger partial charge in [0.1, 0.15) is 12.6 Å². The Balaban J connectivity index is 2.00. The number of fused-ring (bicyclic) bond motifs is 3. The fourth-order valence-electron chi connectivity index (χ4n) is 8.70. The summed E-state index contributed by atoms with van der Waals surface area (Å²) in [6.45, 7) is 16.8. The lowest BCUT2D eigenvalue weighted by atomic mass is 9.40. The molecule has 3 aliphatic carbocycles. The zero-order valence-corrected chi connectivity index (χ0v) is 27.6. The van der Waals surface area contributed by atoms with Crippen LogP contribution in [0.4, 0.5) is 13.2 Å². The number of amides is 1. The first kappa shape index (κ1) is 35.1. The second kappa shape index (κ2) is 11.5. The summed E-state index contributed by atoms with van der Waals surface area (Å²) in [7, 11) is 0. The van der Waals surface area contributed by atoms with Crippen molar-refractivity contribution in [2.24, 2.45) is 38.4 Å². The van der Waals surface area contributed by atoms with Gasteiger partial charge in [0.2, 0.25) is 5.91 Å². The van der Waals surface area contributed by atoms with Gasteiger partial charge in [0.05, 0.1) is 5.57 Å². The Morgan fingerprint density at radius 2 is 1.67 bits per heavy atom.